The maximum absolute atomic E-state index is 12.2. The molecule has 1 aromatic heterocycles. The van der Waals surface area contributed by atoms with Crippen LogP contribution in [0.4, 0.5) is 0 Å². The molecule has 1 aliphatic heterocycles. The highest BCUT2D eigenvalue weighted by Gasteiger charge is 2.22. The van der Waals surface area contributed by atoms with Gasteiger partial charge in [0.2, 0.25) is 17.6 Å². The number of piperazine rings is 1. The number of nitrogens with zero attached hydrogens (tertiary/aromatic N) is 5. The van der Waals surface area contributed by atoms with E-state index in [4.69, 9.17) is 4.52 Å². The molecule has 0 atom stereocenters. The van der Waals surface area contributed by atoms with E-state index in [0.29, 0.717) is 24.8 Å². The second-order valence-electron chi connectivity index (χ2n) is 6.50. The van der Waals surface area contributed by atoms with Crippen molar-refractivity contribution in [1.29, 1.82) is 0 Å². The first kappa shape index (κ1) is 18.5. The highest BCUT2D eigenvalue weighted by Crippen LogP contribution is 2.16. The zero-order valence-corrected chi connectivity index (χ0v) is 15.6. The number of hydrogen-bond donors (Lipinski definition) is 0. The molecule has 1 fully saturated rings. The lowest BCUT2D eigenvalue weighted by Crippen LogP contribution is -2.49. The van der Waals surface area contributed by atoms with Crippen molar-refractivity contribution < 1.29 is 9.32 Å². The normalized spacial score (nSPS) is 15.9. The Kier molecular flexibility index (Phi) is 6.35. The number of amides is 1. The van der Waals surface area contributed by atoms with Crippen molar-refractivity contribution in [3.63, 3.8) is 0 Å². The van der Waals surface area contributed by atoms with Crippen molar-refractivity contribution in [2.75, 3.05) is 45.8 Å². The molecule has 7 heteroatoms. The summed E-state index contributed by atoms with van der Waals surface area (Å²) in [6.07, 6.45) is 0. The zero-order chi connectivity index (χ0) is 18.4. The van der Waals surface area contributed by atoms with Gasteiger partial charge >= 0.3 is 0 Å². The topological polar surface area (TPSA) is 65.7 Å². The molecule has 1 aromatic carbocycles. The van der Waals surface area contributed by atoms with Gasteiger partial charge in [0.1, 0.15) is 0 Å². The van der Waals surface area contributed by atoms with E-state index in [1.54, 1.807) is 0 Å². The third-order valence-corrected chi connectivity index (χ3v) is 4.80. The third-order valence-electron chi connectivity index (χ3n) is 4.80. The molecular formula is C19H27N5O2. The molecule has 0 N–H and O–H groups in total. The second kappa shape index (κ2) is 8.91. The summed E-state index contributed by atoms with van der Waals surface area (Å²) in [5.41, 5.74) is 0.960. The first-order valence-electron chi connectivity index (χ1n) is 9.30. The average molecular weight is 357 g/mol. The molecule has 0 saturated carbocycles. The summed E-state index contributed by atoms with van der Waals surface area (Å²) < 4.78 is 5.40. The lowest BCUT2D eigenvalue weighted by molar-refractivity contribution is -0.132. The summed E-state index contributed by atoms with van der Waals surface area (Å²) in [5.74, 6) is 1.48. The maximum Gasteiger partial charge on any atom is 0.241 e. The summed E-state index contributed by atoms with van der Waals surface area (Å²) >= 11 is 0. The smallest absolute Gasteiger partial charge is 0.241 e. The van der Waals surface area contributed by atoms with Crippen LogP contribution in [0.1, 0.15) is 19.7 Å². The van der Waals surface area contributed by atoms with Gasteiger partial charge < -0.3 is 9.42 Å². The van der Waals surface area contributed by atoms with Crippen LogP contribution in [0.15, 0.2) is 34.9 Å². The fraction of sp³-hybridized carbons (Fsp3) is 0.526. The van der Waals surface area contributed by atoms with Gasteiger partial charge in [0.05, 0.1) is 13.1 Å². The highest BCUT2D eigenvalue weighted by atomic mass is 16.5. The first-order chi connectivity index (χ1) is 12.7. The Morgan fingerprint density at radius 3 is 2.38 bits per heavy atom. The predicted octanol–water partition coefficient (Wildman–Crippen LogP) is 1.72. The largest absolute Gasteiger partial charge is 0.342 e. The van der Waals surface area contributed by atoms with Crippen molar-refractivity contribution in [3.8, 4) is 11.4 Å². The van der Waals surface area contributed by atoms with Gasteiger partial charge in [-0.15, -0.1) is 0 Å². The lowest BCUT2D eigenvalue weighted by atomic mass is 10.2. The van der Waals surface area contributed by atoms with E-state index < -0.39 is 0 Å². The SMILES string of the molecule is CCN(CC)C(=O)CN1CCN(Cc2nc(-c3ccccc3)no2)CC1. The van der Waals surface area contributed by atoms with E-state index in [-0.39, 0.29) is 5.91 Å². The summed E-state index contributed by atoms with van der Waals surface area (Å²) in [6, 6.07) is 9.84. The van der Waals surface area contributed by atoms with E-state index in [2.05, 4.69) is 19.9 Å². The van der Waals surface area contributed by atoms with Crippen molar-refractivity contribution >= 4 is 5.91 Å². The minimum absolute atomic E-state index is 0.216. The molecule has 0 bridgehead atoms. The molecule has 2 heterocycles. The number of carbonyl (C=O) groups is 1. The molecule has 1 saturated heterocycles. The van der Waals surface area contributed by atoms with E-state index in [0.717, 1.165) is 44.8 Å². The van der Waals surface area contributed by atoms with E-state index >= 15 is 0 Å². The minimum Gasteiger partial charge on any atom is -0.342 e. The molecule has 1 aliphatic rings. The van der Waals surface area contributed by atoms with Crippen LogP contribution < -0.4 is 0 Å². The molecule has 140 valence electrons. The molecule has 2 aromatic rings. The molecule has 1 amide bonds. The highest BCUT2D eigenvalue weighted by molar-refractivity contribution is 5.78. The molecule has 0 spiro atoms. The fourth-order valence-corrected chi connectivity index (χ4v) is 3.19. The molecule has 3 rings (SSSR count). The summed E-state index contributed by atoms with van der Waals surface area (Å²) in [7, 11) is 0. The third kappa shape index (κ3) is 4.68. The Balaban J connectivity index is 1.47. The molecule has 26 heavy (non-hydrogen) atoms. The first-order valence-corrected chi connectivity index (χ1v) is 9.30. The van der Waals surface area contributed by atoms with Gasteiger partial charge in [-0.1, -0.05) is 35.5 Å². The zero-order valence-electron chi connectivity index (χ0n) is 15.6. The van der Waals surface area contributed by atoms with Crippen molar-refractivity contribution in [1.82, 2.24) is 24.8 Å². The van der Waals surface area contributed by atoms with Gasteiger partial charge in [-0.25, -0.2) is 0 Å². The Hall–Kier alpha value is -2.25. The van der Waals surface area contributed by atoms with Crippen LogP contribution in [0.2, 0.25) is 0 Å². The number of rotatable bonds is 7. The number of likely N-dealkylation sites (N-methyl/N-ethyl adjacent to an activating group) is 1. The van der Waals surface area contributed by atoms with Gasteiger partial charge in [0.25, 0.3) is 0 Å². The lowest BCUT2D eigenvalue weighted by Gasteiger charge is -2.34. The summed E-state index contributed by atoms with van der Waals surface area (Å²) in [6.45, 7) is 10.3. The van der Waals surface area contributed by atoms with Crippen LogP contribution in [0.3, 0.4) is 0 Å². The van der Waals surface area contributed by atoms with Gasteiger partial charge in [-0.05, 0) is 13.8 Å². The molecule has 7 nitrogen and oxygen atoms in total. The minimum atomic E-state index is 0.216. The maximum atomic E-state index is 12.2. The Morgan fingerprint density at radius 1 is 1.08 bits per heavy atom. The Morgan fingerprint density at radius 2 is 1.73 bits per heavy atom. The van der Waals surface area contributed by atoms with E-state index in [1.165, 1.54) is 0 Å². The number of benzene rings is 1. The molecule has 0 unspecified atom stereocenters. The quantitative estimate of drug-likeness (QED) is 0.752. The van der Waals surface area contributed by atoms with Crippen LogP contribution in [0.25, 0.3) is 11.4 Å². The Bertz CT molecular complexity index is 691. The fourth-order valence-electron chi connectivity index (χ4n) is 3.19. The van der Waals surface area contributed by atoms with Crippen LogP contribution in [0.5, 0.6) is 0 Å². The van der Waals surface area contributed by atoms with Crippen LogP contribution in [-0.4, -0.2) is 76.6 Å². The van der Waals surface area contributed by atoms with Crippen LogP contribution in [0, 0.1) is 0 Å². The van der Waals surface area contributed by atoms with Crippen LogP contribution >= 0.6 is 0 Å². The molecule has 0 aliphatic carbocycles. The van der Waals surface area contributed by atoms with Gasteiger partial charge in [0, 0.05) is 44.8 Å². The van der Waals surface area contributed by atoms with Gasteiger partial charge in [0.15, 0.2) is 0 Å². The summed E-state index contributed by atoms with van der Waals surface area (Å²) in [4.78, 5) is 23.1. The number of aromatic nitrogens is 2. The second-order valence-corrected chi connectivity index (χ2v) is 6.50. The monoisotopic (exact) mass is 357 g/mol. The van der Waals surface area contributed by atoms with Crippen molar-refractivity contribution in [3.05, 3.63) is 36.2 Å². The van der Waals surface area contributed by atoms with Crippen molar-refractivity contribution in [2.45, 2.75) is 20.4 Å². The van der Waals surface area contributed by atoms with Crippen LogP contribution in [-0.2, 0) is 11.3 Å². The van der Waals surface area contributed by atoms with Gasteiger partial charge in [-0.3, -0.25) is 14.6 Å². The standard InChI is InChI=1S/C19H27N5O2/c1-3-24(4-2)18(25)15-23-12-10-22(11-13-23)14-17-20-19(21-26-17)16-8-6-5-7-9-16/h5-9H,3-4,10-15H2,1-2H3. The number of hydrogen-bond acceptors (Lipinski definition) is 6. The Labute approximate surface area is 154 Å². The predicted molar refractivity (Wildman–Crippen MR) is 99.4 cm³/mol. The number of carbonyl (C=O) groups excluding carboxylic acids is 1. The van der Waals surface area contributed by atoms with E-state index in [1.807, 2.05) is 49.1 Å². The summed E-state index contributed by atoms with van der Waals surface area (Å²) in [5, 5.41) is 4.07. The molecular weight excluding hydrogens is 330 g/mol. The van der Waals surface area contributed by atoms with E-state index in [9.17, 15) is 4.79 Å². The average Bonchev–Trinajstić information content (AvgIpc) is 3.14. The van der Waals surface area contributed by atoms with Gasteiger partial charge in [-0.2, -0.15) is 4.98 Å². The van der Waals surface area contributed by atoms with Crippen molar-refractivity contribution in [2.24, 2.45) is 0 Å². The molecule has 0 radical (unpaired) electrons.